The smallest absolute Gasteiger partial charge is 0.384 e. The molecule has 0 bridgehead atoms. The number of ether oxygens (including phenoxy) is 1. The van der Waals surface area contributed by atoms with E-state index in [4.69, 9.17) is 10.5 Å². The number of aryl methyl sites for hydroxylation is 1. The van der Waals surface area contributed by atoms with Crippen molar-refractivity contribution in [1.29, 1.82) is 0 Å². The second-order valence-electron chi connectivity index (χ2n) is 3.25. The van der Waals surface area contributed by atoms with Gasteiger partial charge in [-0.25, -0.2) is 4.79 Å². The number of hydrogen-bond donors (Lipinski definition) is 1. The number of anilines is 1. The molecule has 0 aliphatic rings. The lowest BCUT2D eigenvalue weighted by atomic mass is 10.1. The summed E-state index contributed by atoms with van der Waals surface area (Å²) in [5, 5.41) is 0. The zero-order chi connectivity index (χ0) is 12.0. The van der Waals surface area contributed by atoms with Crippen LogP contribution in [0.3, 0.4) is 0 Å². The molecule has 0 aliphatic heterocycles. The molecule has 0 aliphatic carbocycles. The van der Waals surface area contributed by atoms with Crippen molar-refractivity contribution in [3.05, 3.63) is 29.3 Å². The van der Waals surface area contributed by atoms with Crippen molar-refractivity contribution in [2.45, 2.75) is 20.3 Å². The first-order valence-corrected chi connectivity index (χ1v) is 5.24. The van der Waals surface area contributed by atoms with E-state index < -0.39 is 5.97 Å². The number of hydrogen-bond acceptors (Lipinski definition) is 3. The Bertz CT molecular complexity index is 441. The topological polar surface area (TPSA) is 52.3 Å². The van der Waals surface area contributed by atoms with E-state index in [9.17, 15) is 4.79 Å². The van der Waals surface area contributed by atoms with Crippen LogP contribution in [0.4, 0.5) is 5.69 Å². The second kappa shape index (κ2) is 5.82. The summed E-state index contributed by atoms with van der Waals surface area (Å²) in [4.78, 5) is 11.0. The van der Waals surface area contributed by atoms with Gasteiger partial charge in [-0.05, 0) is 31.0 Å². The molecule has 0 spiro atoms. The highest BCUT2D eigenvalue weighted by atomic mass is 16.5. The number of esters is 1. The van der Waals surface area contributed by atoms with Crippen molar-refractivity contribution >= 4 is 11.7 Å². The van der Waals surface area contributed by atoms with Crippen LogP contribution in [0.1, 0.15) is 25.0 Å². The van der Waals surface area contributed by atoms with Crippen molar-refractivity contribution in [1.82, 2.24) is 0 Å². The normalized spacial score (nSPS) is 9.12. The van der Waals surface area contributed by atoms with E-state index in [1.807, 2.05) is 19.1 Å². The Balaban J connectivity index is 2.91. The van der Waals surface area contributed by atoms with E-state index in [0.717, 1.165) is 12.0 Å². The number of nitrogen functional groups attached to an aromatic ring is 1. The molecule has 84 valence electrons. The highest BCUT2D eigenvalue weighted by Gasteiger charge is 1.98. The zero-order valence-electron chi connectivity index (χ0n) is 9.54. The maximum Gasteiger partial charge on any atom is 0.384 e. The molecule has 0 unspecified atom stereocenters. The Hall–Kier alpha value is -1.95. The molecule has 0 heterocycles. The molecule has 3 nitrogen and oxygen atoms in total. The van der Waals surface area contributed by atoms with Crippen LogP contribution in [0.5, 0.6) is 0 Å². The summed E-state index contributed by atoms with van der Waals surface area (Å²) in [6, 6.07) is 5.64. The number of carbonyl (C=O) groups excluding carboxylic acids is 1. The summed E-state index contributed by atoms with van der Waals surface area (Å²) in [6.07, 6.45) is 0.911. The Morgan fingerprint density at radius 1 is 1.44 bits per heavy atom. The lowest BCUT2D eigenvalue weighted by Crippen LogP contribution is -2.00. The van der Waals surface area contributed by atoms with E-state index in [-0.39, 0.29) is 0 Å². The average molecular weight is 217 g/mol. The molecule has 1 rings (SSSR count). The second-order valence-corrected chi connectivity index (χ2v) is 3.25. The van der Waals surface area contributed by atoms with Gasteiger partial charge in [0, 0.05) is 17.2 Å². The molecule has 0 aromatic heterocycles. The SMILES string of the molecule is CCOC(=O)C#Cc1cc(CC)ccc1N. The van der Waals surface area contributed by atoms with Crippen molar-refractivity contribution in [3.8, 4) is 11.8 Å². The summed E-state index contributed by atoms with van der Waals surface area (Å²) >= 11 is 0. The number of benzene rings is 1. The molecular formula is C13H15NO2. The fourth-order valence-electron chi connectivity index (χ4n) is 1.22. The predicted molar refractivity (Wildman–Crippen MR) is 63.7 cm³/mol. The van der Waals surface area contributed by atoms with Gasteiger partial charge in [0.2, 0.25) is 0 Å². The molecule has 16 heavy (non-hydrogen) atoms. The molecular weight excluding hydrogens is 202 g/mol. The van der Waals surface area contributed by atoms with Crippen LogP contribution in [0.25, 0.3) is 0 Å². The van der Waals surface area contributed by atoms with Gasteiger partial charge in [0.1, 0.15) is 0 Å². The fraction of sp³-hybridized carbons (Fsp3) is 0.308. The Kier molecular flexibility index (Phi) is 4.41. The summed E-state index contributed by atoms with van der Waals surface area (Å²) in [6.45, 7) is 4.12. The molecule has 1 aromatic carbocycles. The van der Waals surface area contributed by atoms with Crippen LogP contribution in [-0.2, 0) is 16.0 Å². The quantitative estimate of drug-likeness (QED) is 0.466. The molecule has 0 atom stereocenters. The third kappa shape index (κ3) is 3.32. The van der Waals surface area contributed by atoms with Crippen LogP contribution in [-0.4, -0.2) is 12.6 Å². The predicted octanol–water partition coefficient (Wildman–Crippen LogP) is 1.75. The van der Waals surface area contributed by atoms with Gasteiger partial charge >= 0.3 is 5.97 Å². The number of nitrogens with two attached hydrogens (primary N) is 1. The van der Waals surface area contributed by atoms with E-state index in [1.165, 1.54) is 0 Å². The maximum absolute atomic E-state index is 11.0. The standard InChI is InChI=1S/C13H15NO2/c1-3-10-5-7-12(14)11(9-10)6-8-13(15)16-4-2/h5,7,9H,3-4,14H2,1-2H3. The lowest BCUT2D eigenvalue weighted by molar-refractivity contribution is -0.136. The summed E-state index contributed by atoms with van der Waals surface area (Å²) in [5.74, 6) is 4.60. The molecule has 0 saturated heterocycles. The Morgan fingerprint density at radius 3 is 2.81 bits per heavy atom. The van der Waals surface area contributed by atoms with Gasteiger partial charge < -0.3 is 10.5 Å². The van der Waals surface area contributed by atoms with Gasteiger partial charge in [-0.3, -0.25) is 0 Å². The van der Waals surface area contributed by atoms with E-state index in [2.05, 4.69) is 11.8 Å². The monoisotopic (exact) mass is 217 g/mol. The molecule has 0 fully saturated rings. The number of rotatable bonds is 2. The van der Waals surface area contributed by atoms with E-state index in [0.29, 0.717) is 17.9 Å². The van der Waals surface area contributed by atoms with Crippen molar-refractivity contribution in [3.63, 3.8) is 0 Å². The zero-order valence-corrected chi connectivity index (χ0v) is 9.54. The van der Waals surface area contributed by atoms with Gasteiger partial charge in [-0.1, -0.05) is 18.9 Å². The minimum Gasteiger partial charge on any atom is -0.456 e. The summed E-state index contributed by atoms with van der Waals surface area (Å²) in [7, 11) is 0. The first-order chi connectivity index (χ1) is 7.67. The third-order valence-electron chi connectivity index (χ3n) is 2.10. The molecule has 2 N–H and O–H groups in total. The molecule has 0 saturated carbocycles. The van der Waals surface area contributed by atoms with Crippen LogP contribution in [0.2, 0.25) is 0 Å². The van der Waals surface area contributed by atoms with E-state index in [1.54, 1.807) is 13.0 Å². The Morgan fingerprint density at radius 2 is 2.19 bits per heavy atom. The van der Waals surface area contributed by atoms with Gasteiger partial charge in [-0.15, -0.1) is 0 Å². The largest absolute Gasteiger partial charge is 0.456 e. The first kappa shape index (κ1) is 12.1. The summed E-state index contributed by atoms with van der Waals surface area (Å²) in [5.41, 5.74) is 8.14. The van der Waals surface area contributed by atoms with Crippen LogP contribution >= 0.6 is 0 Å². The lowest BCUT2D eigenvalue weighted by Gasteiger charge is -2.01. The third-order valence-corrected chi connectivity index (χ3v) is 2.10. The Labute approximate surface area is 95.6 Å². The van der Waals surface area contributed by atoms with Crippen molar-refractivity contribution in [2.75, 3.05) is 12.3 Å². The molecule has 1 aromatic rings. The maximum atomic E-state index is 11.0. The van der Waals surface area contributed by atoms with Crippen molar-refractivity contribution in [2.24, 2.45) is 0 Å². The van der Waals surface area contributed by atoms with Gasteiger partial charge in [0.25, 0.3) is 0 Å². The minimum absolute atomic E-state index is 0.331. The number of carbonyl (C=O) groups is 1. The van der Waals surface area contributed by atoms with Crippen LogP contribution in [0.15, 0.2) is 18.2 Å². The highest BCUT2D eigenvalue weighted by Crippen LogP contribution is 2.13. The van der Waals surface area contributed by atoms with Crippen LogP contribution in [0, 0.1) is 11.8 Å². The van der Waals surface area contributed by atoms with Crippen LogP contribution < -0.4 is 5.73 Å². The van der Waals surface area contributed by atoms with Crippen molar-refractivity contribution < 1.29 is 9.53 Å². The fourth-order valence-corrected chi connectivity index (χ4v) is 1.22. The summed E-state index contributed by atoms with van der Waals surface area (Å²) < 4.78 is 4.71. The molecule has 0 amide bonds. The molecule has 0 radical (unpaired) electrons. The van der Waals surface area contributed by atoms with Gasteiger partial charge in [-0.2, -0.15) is 0 Å². The minimum atomic E-state index is -0.524. The van der Waals surface area contributed by atoms with Gasteiger partial charge in [0.05, 0.1) is 6.61 Å². The highest BCUT2D eigenvalue weighted by molar-refractivity contribution is 5.89. The van der Waals surface area contributed by atoms with Gasteiger partial charge in [0.15, 0.2) is 0 Å². The average Bonchev–Trinajstić information content (AvgIpc) is 2.28. The first-order valence-electron chi connectivity index (χ1n) is 5.24. The molecule has 3 heteroatoms. The van der Waals surface area contributed by atoms with E-state index >= 15 is 0 Å².